The summed E-state index contributed by atoms with van der Waals surface area (Å²) in [6.45, 7) is 0.487. The summed E-state index contributed by atoms with van der Waals surface area (Å²) in [5.41, 5.74) is 1.02. The number of sulfone groups is 1. The second-order valence-electron chi connectivity index (χ2n) is 8.05. The van der Waals surface area contributed by atoms with Gasteiger partial charge in [0.05, 0.1) is 30.9 Å². The monoisotopic (exact) mass is 465 g/mol. The fraction of sp³-hybridized carbons (Fsp3) is 0.600. The van der Waals surface area contributed by atoms with Crippen molar-refractivity contribution in [2.75, 3.05) is 24.4 Å². The molecule has 1 aliphatic carbocycles. The maximum atomic E-state index is 13.2. The quantitative estimate of drug-likeness (QED) is 0.543. The van der Waals surface area contributed by atoms with E-state index in [1.54, 1.807) is 11.8 Å². The van der Waals surface area contributed by atoms with E-state index in [1.807, 2.05) is 29.2 Å². The lowest BCUT2D eigenvalue weighted by atomic mass is 10.1. The molecule has 0 radical (unpaired) electrons. The zero-order valence-corrected chi connectivity index (χ0v) is 19.1. The maximum Gasteiger partial charge on any atom is 0.233 e. The minimum atomic E-state index is -3.05. The lowest BCUT2D eigenvalue weighted by molar-refractivity contribution is -0.132. The third-order valence-electron chi connectivity index (χ3n) is 5.92. The van der Waals surface area contributed by atoms with Crippen LogP contribution in [0.25, 0.3) is 0 Å². The summed E-state index contributed by atoms with van der Waals surface area (Å²) in [4.78, 5) is 15.0. The third kappa shape index (κ3) is 5.38. The number of thioether (sulfide) groups is 1. The van der Waals surface area contributed by atoms with Gasteiger partial charge in [0.15, 0.2) is 9.84 Å². The maximum absolute atomic E-state index is 13.2. The van der Waals surface area contributed by atoms with Gasteiger partial charge in [0.2, 0.25) is 11.1 Å². The van der Waals surface area contributed by atoms with Gasteiger partial charge >= 0.3 is 0 Å². The second kappa shape index (κ2) is 9.56. The number of aromatic nitrogens is 4. The minimum absolute atomic E-state index is 0.0296. The molecular formula is C20H27N5O4S2. The molecule has 11 heteroatoms. The van der Waals surface area contributed by atoms with Gasteiger partial charge in [0.1, 0.15) is 5.75 Å². The highest BCUT2D eigenvalue weighted by Crippen LogP contribution is 2.30. The highest BCUT2D eigenvalue weighted by molar-refractivity contribution is 7.99. The van der Waals surface area contributed by atoms with Crippen LogP contribution in [-0.4, -0.2) is 75.9 Å². The van der Waals surface area contributed by atoms with Crippen LogP contribution in [-0.2, 0) is 21.2 Å². The van der Waals surface area contributed by atoms with Gasteiger partial charge in [-0.25, -0.2) is 13.1 Å². The van der Waals surface area contributed by atoms with Gasteiger partial charge in [-0.15, -0.1) is 5.10 Å². The Morgan fingerprint density at radius 2 is 1.94 bits per heavy atom. The van der Waals surface area contributed by atoms with Crippen LogP contribution in [0.2, 0.25) is 0 Å². The topological polar surface area (TPSA) is 107 Å². The van der Waals surface area contributed by atoms with Crippen molar-refractivity contribution in [3.63, 3.8) is 0 Å². The van der Waals surface area contributed by atoms with Crippen LogP contribution in [0, 0.1) is 0 Å². The molecule has 1 aromatic heterocycles. The van der Waals surface area contributed by atoms with E-state index >= 15 is 0 Å². The van der Waals surface area contributed by atoms with E-state index in [0.717, 1.165) is 37.0 Å². The van der Waals surface area contributed by atoms with E-state index in [0.29, 0.717) is 18.1 Å². The lowest BCUT2D eigenvalue weighted by Gasteiger charge is -2.34. The van der Waals surface area contributed by atoms with Crippen LogP contribution < -0.4 is 4.74 Å². The lowest BCUT2D eigenvalue weighted by Crippen LogP contribution is -2.47. The molecule has 0 spiro atoms. The van der Waals surface area contributed by atoms with Crippen LogP contribution >= 0.6 is 11.8 Å². The number of hydrogen-bond acceptors (Lipinski definition) is 8. The molecule has 31 heavy (non-hydrogen) atoms. The number of carbonyl (C=O) groups excluding carboxylic acids is 1. The van der Waals surface area contributed by atoms with Gasteiger partial charge in [0, 0.05) is 12.1 Å². The zero-order valence-electron chi connectivity index (χ0n) is 17.5. The summed E-state index contributed by atoms with van der Waals surface area (Å²) in [6.07, 6.45) is 4.59. The first kappa shape index (κ1) is 22.1. The van der Waals surface area contributed by atoms with Gasteiger partial charge in [-0.3, -0.25) is 4.79 Å². The standard InChI is InChI=1S/C20H27N5O4S2/c1-29-18-8-6-15(7-9-18)12-24-20(21-22-23-24)30-13-19(26)25(16-4-2-3-5-16)17-10-11-31(27,28)14-17/h6-9,16-17H,2-5,10-14H2,1H3. The summed E-state index contributed by atoms with van der Waals surface area (Å²) in [5.74, 6) is 1.19. The van der Waals surface area contributed by atoms with Crippen molar-refractivity contribution >= 4 is 27.5 Å². The molecule has 2 fully saturated rings. The summed E-state index contributed by atoms with van der Waals surface area (Å²) < 4.78 is 30.9. The summed E-state index contributed by atoms with van der Waals surface area (Å²) in [6, 6.07) is 7.58. The number of nitrogens with zero attached hydrogens (tertiary/aromatic N) is 5. The molecule has 168 valence electrons. The number of methoxy groups -OCH3 is 1. The Bertz CT molecular complexity index is 1000. The Morgan fingerprint density at radius 1 is 1.19 bits per heavy atom. The highest BCUT2D eigenvalue weighted by atomic mass is 32.2. The predicted molar refractivity (Wildman–Crippen MR) is 117 cm³/mol. The molecule has 2 aliphatic rings. The van der Waals surface area contributed by atoms with Gasteiger partial charge in [-0.2, -0.15) is 0 Å². The molecule has 1 aliphatic heterocycles. The number of tetrazole rings is 1. The predicted octanol–water partition coefficient (Wildman–Crippen LogP) is 1.78. The van der Waals surface area contributed by atoms with Crippen molar-refractivity contribution in [1.82, 2.24) is 25.1 Å². The van der Waals surface area contributed by atoms with Crippen molar-refractivity contribution < 1.29 is 17.9 Å². The van der Waals surface area contributed by atoms with Crippen molar-refractivity contribution in [3.05, 3.63) is 29.8 Å². The molecule has 2 heterocycles. The molecule has 2 aromatic rings. The minimum Gasteiger partial charge on any atom is -0.497 e. The molecule has 1 atom stereocenters. The zero-order chi connectivity index (χ0) is 21.8. The first-order chi connectivity index (χ1) is 14.9. The van der Waals surface area contributed by atoms with Crippen molar-refractivity contribution in [1.29, 1.82) is 0 Å². The average Bonchev–Trinajstić information content (AvgIpc) is 3.50. The summed E-state index contributed by atoms with van der Waals surface area (Å²) in [5, 5.41) is 12.4. The molecule has 1 saturated carbocycles. The largest absolute Gasteiger partial charge is 0.497 e. The molecule has 1 saturated heterocycles. The smallest absolute Gasteiger partial charge is 0.233 e. The second-order valence-corrected chi connectivity index (χ2v) is 11.2. The van der Waals surface area contributed by atoms with E-state index in [2.05, 4.69) is 15.5 Å². The normalized spacial score (nSPS) is 20.7. The SMILES string of the molecule is COc1ccc(Cn2nnnc2SCC(=O)N(C2CCCC2)C2CCS(=O)(=O)C2)cc1. The van der Waals surface area contributed by atoms with Crippen molar-refractivity contribution in [3.8, 4) is 5.75 Å². The van der Waals surface area contributed by atoms with Crippen LogP contribution in [0.1, 0.15) is 37.7 Å². The number of carbonyl (C=O) groups is 1. The van der Waals surface area contributed by atoms with Crippen LogP contribution in [0.3, 0.4) is 0 Å². The molecule has 4 rings (SSSR count). The van der Waals surface area contributed by atoms with Crippen LogP contribution in [0.15, 0.2) is 29.4 Å². The Kier molecular flexibility index (Phi) is 6.80. The number of ether oxygens (including phenoxy) is 1. The van der Waals surface area contributed by atoms with E-state index < -0.39 is 9.84 Å². The molecule has 1 amide bonds. The number of amides is 1. The Balaban J connectivity index is 1.41. The molecule has 0 bridgehead atoms. The third-order valence-corrected chi connectivity index (χ3v) is 8.62. The number of benzene rings is 1. The fourth-order valence-electron chi connectivity index (χ4n) is 4.39. The fourth-order valence-corrected chi connectivity index (χ4v) is 6.84. The molecular weight excluding hydrogens is 438 g/mol. The van der Waals surface area contributed by atoms with E-state index in [-0.39, 0.29) is 35.2 Å². The van der Waals surface area contributed by atoms with Gasteiger partial charge in [-0.05, 0) is 47.4 Å². The Hall–Kier alpha value is -2.14. The summed E-state index contributed by atoms with van der Waals surface area (Å²) in [7, 11) is -1.43. The van der Waals surface area contributed by atoms with Gasteiger partial charge in [0.25, 0.3) is 0 Å². The van der Waals surface area contributed by atoms with Gasteiger partial charge in [-0.1, -0.05) is 36.7 Å². The molecule has 1 aromatic carbocycles. The van der Waals surface area contributed by atoms with Crippen LogP contribution in [0.4, 0.5) is 0 Å². The van der Waals surface area contributed by atoms with Crippen molar-refractivity contribution in [2.24, 2.45) is 0 Å². The highest BCUT2D eigenvalue weighted by Gasteiger charge is 2.39. The van der Waals surface area contributed by atoms with Crippen LogP contribution in [0.5, 0.6) is 5.75 Å². The Labute approximate surface area is 186 Å². The van der Waals surface area contributed by atoms with Gasteiger partial charge < -0.3 is 9.64 Å². The number of rotatable bonds is 8. The first-order valence-electron chi connectivity index (χ1n) is 10.5. The van der Waals surface area contributed by atoms with E-state index in [9.17, 15) is 13.2 Å². The first-order valence-corrected chi connectivity index (χ1v) is 13.3. The average molecular weight is 466 g/mol. The Morgan fingerprint density at radius 3 is 2.58 bits per heavy atom. The molecule has 9 nitrogen and oxygen atoms in total. The summed E-state index contributed by atoms with van der Waals surface area (Å²) >= 11 is 1.30. The molecule has 1 unspecified atom stereocenters. The molecule has 0 N–H and O–H groups in total. The van der Waals surface area contributed by atoms with E-state index in [4.69, 9.17) is 4.74 Å². The van der Waals surface area contributed by atoms with Crippen molar-refractivity contribution in [2.45, 2.75) is 55.9 Å². The number of hydrogen-bond donors (Lipinski definition) is 0. The van der Waals surface area contributed by atoms with E-state index in [1.165, 1.54) is 11.8 Å².